The summed E-state index contributed by atoms with van der Waals surface area (Å²) in [6, 6.07) is -1.11. The van der Waals surface area contributed by atoms with E-state index in [0.29, 0.717) is 0 Å². The smallest absolute Gasteiger partial charge is 0.408 e. The summed E-state index contributed by atoms with van der Waals surface area (Å²) in [5.41, 5.74) is 5.08. The monoisotopic (exact) mass is 188 g/mol. The third-order valence-corrected chi connectivity index (χ3v) is 1.16. The Morgan fingerprint density at radius 2 is 2.31 bits per heavy atom. The topological polar surface area (TPSA) is 102 Å². The molecule has 0 aromatic heterocycles. The third kappa shape index (κ3) is 4.81. The van der Waals surface area contributed by atoms with Crippen LogP contribution in [0.1, 0.15) is 0 Å². The highest BCUT2D eigenvalue weighted by molar-refractivity contribution is 5.80. The molecule has 0 saturated heterocycles. The summed E-state index contributed by atoms with van der Waals surface area (Å²) in [6.45, 7) is 3.17. The highest BCUT2D eigenvalue weighted by Gasteiger charge is 2.17. The molecule has 0 aliphatic heterocycles. The Bertz CT molecular complexity index is 205. The number of nitrogens with one attached hydrogen (secondary N) is 1. The standard InChI is InChI=1S/C7H12N2O4/c1-2-3-13-7(12)9-5(4-8)6(10)11/h2,5H,1,3-4,8H2,(H,9,12)(H,10,11)/t5-/m0/s1. The number of alkyl carbamates (subject to hydrolysis) is 1. The molecular formula is C7H12N2O4. The average molecular weight is 188 g/mol. The van der Waals surface area contributed by atoms with E-state index in [1.807, 2.05) is 0 Å². The van der Waals surface area contributed by atoms with Gasteiger partial charge in [0, 0.05) is 6.54 Å². The molecule has 0 bridgehead atoms. The molecule has 0 heterocycles. The molecule has 74 valence electrons. The number of nitrogens with two attached hydrogens (primary N) is 1. The molecule has 1 amide bonds. The number of amides is 1. The summed E-state index contributed by atoms with van der Waals surface area (Å²) in [6.07, 6.45) is 0.551. The highest BCUT2D eigenvalue weighted by atomic mass is 16.5. The molecule has 13 heavy (non-hydrogen) atoms. The number of hydrogen-bond acceptors (Lipinski definition) is 4. The minimum atomic E-state index is -1.20. The zero-order valence-corrected chi connectivity index (χ0v) is 7.03. The second-order valence-electron chi connectivity index (χ2n) is 2.16. The number of aliphatic carboxylic acids is 1. The first kappa shape index (κ1) is 11.4. The average Bonchev–Trinajstić information content (AvgIpc) is 2.10. The molecule has 0 radical (unpaired) electrons. The molecule has 0 aliphatic rings. The molecule has 4 N–H and O–H groups in total. The lowest BCUT2D eigenvalue weighted by Gasteiger charge is -2.11. The molecule has 0 rings (SSSR count). The van der Waals surface area contributed by atoms with Crippen molar-refractivity contribution < 1.29 is 19.4 Å². The van der Waals surface area contributed by atoms with Crippen LogP contribution >= 0.6 is 0 Å². The molecule has 0 fully saturated rings. The van der Waals surface area contributed by atoms with Crippen LogP contribution in [0, 0.1) is 0 Å². The fraction of sp³-hybridized carbons (Fsp3) is 0.429. The highest BCUT2D eigenvalue weighted by Crippen LogP contribution is 1.84. The fourth-order valence-electron chi connectivity index (χ4n) is 0.540. The van der Waals surface area contributed by atoms with E-state index in [4.69, 9.17) is 10.8 Å². The van der Waals surface area contributed by atoms with Gasteiger partial charge in [-0.3, -0.25) is 0 Å². The molecule has 0 aromatic rings. The summed E-state index contributed by atoms with van der Waals surface area (Å²) in [7, 11) is 0. The summed E-state index contributed by atoms with van der Waals surface area (Å²) < 4.78 is 4.49. The van der Waals surface area contributed by atoms with Gasteiger partial charge in [-0.05, 0) is 0 Å². The van der Waals surface area contributed by atoms with Crippen molar-refractivity contribution in [1.82, 2.24) is 5.32 Å². The Balaban J connectivity index is 3.86. The van der Waals surface area contributed by atoms with Crippen molar-refractivity contribution in [2.75, 3.05) is 13.2 Å². The van der Waals surface area contributed by atoms with Gasteiger partial charge in [-0.25, -0.2) is 9.59 Å². The maximum Gasteiger partial charge on any atom is 0.408 e. The predicted molar refractivity (Wildman–Crippen MR) is 45.2 cm³/mol. The summed E-state index contributed by atoms with van der Waals surface area (Å²) >= 11 is 0. The van der Waals surface area contributed by atoms with E-state index in [1.54, 1.807) is 0 Å². The van der Waals surface area contributed by atoms with Gasteiger partial charge in [0.2, 0.25) is 0 Å². The number of hydrogen-bond donors (Lipinski definition) is 3. The SMILES string of the molecule is C=CCOC(=O)N[C@@H](CN)C(=O)O. The van der Waals surface area contributed by atoms with Gasteiger partial charge < -0.3 is 20.9 Å². The third-order valence-electron chi connectivity index (χ3n) is 1.16. The Morgan fingerprint density at radius 3 is 2.69 bits per heavy atom. The molecule has 0 aromatic carbocycles. The van der Waals surface area contributed by atoms with Crippen LogP contribution in [0.25, 0.3) is 0 Å². The molecule has 0 unspecified atom stereocenters. The zero-order valence-electron chi connectivity index (χ0n) is 7.03. The predicted octanol–water partition coefficient (Wildman–Crippen LogP) is -0.689. The van der Waals surface area contributed by atoms with Crippen LogP contribution in [0.15, 0.2) is 12.7 Å². The van der Waals surface area contributed by atoms with Gasteiger partial charge in [0.15, 0.2) is 0 Å². The van der Waals surface area contributed by atoms with Crippen molar-refractivity contribution >= 4 is 12.1 Å². The van der Waals surface area contributed by atoms with Crippen molar-refractivity contribution in [3.05, 3.63) is 12.7 Å². The van der Waals surface area contributed by atoms with Gasteiger partial charge in [0.05, 0.1) is 0 Å². The minimum absolute atomic E-state index is 0.0305. The fourth-order valence-corrected chi connectivity index (χ4v) is 0.540. The van der Waals surface area contributed by atoms with E-state index in [-0.39, 0.29) is 13.2 Å². The van der Waals surface area contributed by atoms with Crippen LogP contribution in [0.5, 0.6) is 0 Å². The van der Waals surface area contributed by atoms with E-state index in [2.05, 4.69) is 16.6 Å². The van der Waals surface area contributed by atoms with E-state index < -0.39 is 18.1 Å². The zero-order chi connectivity index (χ0) is 10.3. The van der Waals surface area contributed by atoms with Gasteiger partial charge in [-0.2, -0.15) is 0 Å². The molecule has 1 atom stereocenters. The summed E-state index contributed by atoms with van der Waals surface area (Å²) in [5.74, 6) is -1.20. The molecule has 6 nitrogen and oxygen atoms in total. The lowest BCUT2D eigenvalue weighted by molar-refractivity contribution is -0.139. The normalized spacial score (nSPS) is 11.5. The van der Waals surface area contributed by atoms with Gasteiger partial charge in [-0.1, -0.05) is 12.7 Å². The van der Waals surface area contributed by atoms with Gasteiger partial charge >= 0.3 is 12.1 Å². The second kappa shape index (κ2) is 6.01. The van der Waals surface area contributed by atoms with Crippen molar-refractivity contribution in [2.24, 2.45) is 5.73 Å². The maximum atomic E-state index is 10.8. The van der Waals surface area contributed by atoms with E-state index >= 15 is 0 Å². The second-order valence-corrected chi connectivity index (χ2v) is 2.16. The van der Waals surface area contributed by atoms with Crippen LogP contribution in [0.2, 0.25) is 0 Å². The van der Waals surface area contributed by atoms with Crippen LogP contribution < -0.4 is 11.1 Å². The maximum absolute atomic E-state index is 10.8. The van der Waals surface area contributed by atoms with Crippen LogP contribution in [-0.2, 0) is 9.53 Å². The first-order valence-corrected chi connectivity index (χ1v) is 3.58. The number of rotatable bonds is 5. The first-order chi connectivity index (χ1) is 6.11. The Hall–Kier alpha value is -1.56. The number of carbonyl (C=O) groups is 2. The molecule has 0 spiro atoms. The van der Waals surface area contributed by atoms with Crippen LogP contribution in [0.4, 0.5) is 4.79 Å². The molecule has 0 aliphatic carbocycles. The molecule has 6 heteroatoms. The summed E-state index contributed by atoms with van der Waals surface area (Å²) in [4.78, 5) is 21.1. The lowest BCUT2D eigenvalue weighted by atomic mass is 10.3. The van der Waals surface area contributed by atoms with E-state index in [0.717, 1.165) is 0 Å². The Kier molecular flexibility index (Phi) is 5.29. The number of ether oxygens (including phenoxy) is 1. The number of carbonyl (C=O) groups excluding carboxylic acids is 1. The van der Waals surface area contributed by atoms with E-state index in [1.165, 1.54) is 6.08 Å². The van der Waals surface area contributed by atoms with Gasteiger partial charge in [-0.15, -0.1) is 0 Å². The Labute approximate surface area is 75.4 Å². The molecule has 0 saturated carbocycles. The van der Waals surface area contributed by atoms with Crippen molar-refractivity contribution in [3.63, 3.8) is 0 Å². The van der Waals surface area contributed by atoms with Crippen LogP contribution in [-0.4, -0.2) is 36.4 Å². The van der Waals surface area contributed by atoms with Crippen molar-refractivity contribution in [3.8, 4) is 0 Å². The van der Waals surface area contributed by atoms with Gasteiger partial charge in [0.1, 0.15) is 12.6 Å². The largest absolute Gasteiger partial charge is 0.480 e. The van der Waals surface area contributed by atoms with Crippen molar-refractivity contribution in [1.29, 1.82) is 0 Å². The number of carboxylic acid groups (broad SMARTS) is 1. The number of carboxylic acids is 1. The molecular weight excluding hydrogens is 176 g/mol. The van der Waals surface area contributed by atoms with Gasteiger partial charge in [0.25, 0.3) is 0 Å². The summed E-state index contributed by atoms with van der Waals surface area (Å²) in [5, 5.41) is 10.5. The Morgan fingerprint density at radius 1 is 1.69 bits per heavy atom. The first-order valence-electron chi connectivity index (χ1n) is 3.58. The van der Waals surface area contributed by atoms with E-state index in [9.17, 15) is 9.59 Å². The van der Waals surface area contributed by atoms with Crippen molar-refractivity contribution in [2.45, 2.75) is 6.04 Å². The quantitative estimate of drug-likeness (QED) is 0.496. The lowest BCUT2D eigenvalue weighted by Crippen LogP contribution is -2.45. The minimum Gasteiger partial charge on any atom is -0.480 e. The van der Waals surface area contributed by atoms with Crippen LogP contribution in [0.3, 0.4) is 0 Å².